The van der Waals surface area contributed by atoms with E-state index >= 15 is 0 Å². The molecule has 0 saturated heterocycles. The van der Waals surface area contributed by atoms with Crippen LogP contribution in [0.1, 0.15) is 18.9 Å². The Morgan fingerprint density at radius 1 is 1.00 bits per heavy atom. The van der Waals surface area contributed by atoms with Gasteiger partial charge in [-0.15, -0.1) is 0 Å². The molecule has 0 amide bonds. The van der Waals surface area contributed by atoms with Gasteiger partial charge < -0.3 is 10.6 Å². The summed E-state index contributed by atoms with van der Waals surface area (Å²) in [5.74, 6) is -0.374. The molecule has 0 aromatic heterocycles. The quantitative estimate of drug-likeness (QED) is 0.383. The Bertz CT molecular complexity index is 1320. The van der Waals surface area contributed by atoms with Gasteiger partial charge in [0.1, 0.15) is 5.82 Å². The molecule has 3 aromatic carbocycles. The molecule has 0 bridgehead atoms. The van der Waals surface area contributed by atoms with Gasteiger partial charge in [0.2, 0.25) is 0 Å². The van der Waals surface area contributed by atoms with Crippen molar-refractivity contribution in [3.05, 3.63) is 82.1 Å². The summed E-state index contributed by atoms with van der Waals surface area (Å²) in [6, 6.07) is 15.3. The number of aryl methyl sites for hydroxylation is 1. The van der Waals surface area contributed by atoms with E-state index in [2.05, 4.69) is 10.6 Å². The summed E-state index contributed by atoms with van der Waals surface area (Å²) in [6.07, 6.45) is 1.25. The maximum absolute atomic E-state index is 13.7. The van der Waals surface area contributed by atoms with Crippen molar-refractivity contribution in [1.82, 2.24) is 0 Å². The number of hydrogen-bond donors (Lipinski definition) is 2. The SMILES string of the molecule is CC1CCc2cc(F)ccc2N1S(=O)(=O)c1ccc(NC(=S)Nc2ccc(Cl)c(Cl)c2)cc1. The van der Waals surface area contributed by atoms with Crippen LogP contribution in [0, 0.1) is 5.82 Å². The smallest absolute Gasteiger partial charge is 0.264 e. The zero-order chi connectivity index (χ0) is 23.8. The second kappa shape index (κ2) is 9.46. The van der Waals surface area contributed by atoms with Gasteiger partial charge in [-0.25, -0.2) is 12.8 Å². The molecule has 2 N–H and O–H groups in total. The van der Waals surface area contributed by atoms with E-state index in [4.69, 9.17) is 35.4 Å². The number of nitrogens with zero attached hydrogens (tertiary/aromatic N) is 1. The van der Waals surface area contributed by atoms with Gasteiger partial charge in [0.25, 0.3) is 10.0 Å². The first kappa shape index (κ1) is 23.8. The fourth-order valence-corrected chi connectivity index (χ4v) is 6.00. The average Bonchev–Trinajstić information content (AvgIpc) is 2.76. The molecule has 0 fully saturated rings. The first-order valence-corrected chi connectivity index (χ1v) is 12.7. The van der Waals surface area contributed by atoms with Crippen molar-refractivity contribution in [2.24, 2.45) is 0 Å². The Morgan fingerprint density at radius 2 is 1.67 bits per heavy atom. The lowest BCUT2D eigenvalue weighted by atomic mass is 9.99. The first-order valence-electron chi connectivity index (χ1n) is 10.1. The second-order valence-corrected chi connectivity index (χ2v) is 10.7. The van der Waals surface area contributed by atoms with Crippen molar-refractivity contribution in [2.45, 2.75) is 30.7 Å². The minimum atomic E-state index is -3.83. The molecule has 5 nitrogen and oxygen atoms in total. The van der Waals surface area contributed by atoms with Crippen LogP contribution in [0.15, 0.2) is 65.6 Å². The second-order valence-electron chi connectivity index (χ2n) is 7.69. The van der Waals surface area contributed by atoms with Gasteiger partial charge in [0, 0.05) is 17.4 Å². The number of hydrogen-bond acceptors (Lipinski definition) is 3. The molecule has 0 radical (unpaired) electrons. The number of nitrogens with one attached hydrogen (secondary N) is 2. The molecule has 1 aliphatic rings. The first-order chi connectivity index (χ1) is 15.6. The van der Waals surface area contributed by atoms with Gasteiger partial charge in [0.05, 0.1) is 20.6 Å². The number of benzene rings is 3. The molecule has 1 aliphatic heterocycles. The lowest BCUT2D eigenvalue weighted by molar-refractivity contribution is 0.560. The molecule has 4 rings (SSSR count). The van der Waals surface area contributed by atoms with Gasteiger partial charge in [-0.05, 0) is 98.2 Å². The third kappa shape index (κ3) is 5.09. The van der Waals surface area contributed by atoms with E-state index in [1.54, 1.807) is 30.3 Å². The Balaban J connectivity index is 1.52. The average molecular weight is 524 g/mol. The summed E-state index contributed by atoms with van der Waals surface area (Å²) >= 11 is 17.3. The highest BCUT2D eigenvalue weighted by Crippen LogP contribution is 2.36. The van der Waals surface area contributed by atoms with E-state index in [1.807, 2.05) is 6.92 Å². The van der Waals surface area contributed by atoms with Crippen molar-refractivity contribution < 1.29 is 12.8 Å². The Hall–Kier alpha value is -2.39. The number of halogens is 3. The normalized spacial score (nSPS) is 15.6. The van der Waals surface area contributed by atoms with Gasteiger partial charge in [-0.2, -0.15) is 0 Å². The van der Waals surface area contributed by atoms with Crippen LogP contribution in [0.5, 0.6) is 0 Å². The zero-order valence-electron chi connectivity index (χ0n) is 17.5. The third-order valence-electron chi connectivity index (χ3n) is 5.36. The predicted molar refractivity (Wildman–Crippen MR) is 137 cm³/mol. The van der Waals surface area contributed by atoms with Gasteiger partial charge >= 0.3 is 0 Å². The largest absolute Gasteiger partial charge is 0.332 e. The monoisotopic (exact) mass is 523 g/mol. The molecule has 1 unspecified atom stereocenters. The van der Waals surface area contributed by atoms with E-state index in [-0.39, 0.29) is 16.8 Å². The standard InChI is InChI=1S/C23H20Cl2FN3O2S2/c1-14-2-3-15-12-16(26)4-11-22(15)29(14)33(30,31)19-8-5-17(6-9-19)27-23(32)28-18-7-10-20(24)21(25)13-18/h4-14H,2-3H2,1H3,(H2,27,28,32). The van der Waals surface area contributed by atoms with Crippen molar-refractivity contribution >= 4 is 67.6 Å². The van der Waals surface area contributed by atoms with Crippen LogP contribution in [-0.2, 0) is 16.4 Å². The summed E-state index contributed by atoms with van der Waals surface area (Å²) in [6.45, 7) is 1.85. The number of fused-ring (bicyclic) bond motifs is 1. The van der Waals surface area contributed by atoms with Crippen molar-refractivity contribution in [3.63, 3.8) is 0 Å². The van der Waals surface area contributed by atoms with Crippen LogP contribution in [0.2, 0.25) is 10.0 Å². The summed E-state index contributed by atoms with van der Waals surface area (Å²) < 4.78 is 41.9. The molecule has 3 aromatic rings. The van der Waals surface area contributed by atoms with Crippen LogP contribution < -0.4 is 14.9 Å². The highest BCUT2D eigenvalue weighted by molar-refractivity contribution is 7.92. The maximum Gasteiger partial charge on any atom is 0.264 e. The molecule has 172 valence electrons. The summed E-state index contributed by atoms with van der Waals surface area (Å²) in [7, 11) is -3.83. The molecule has 0 spiro atoms. The van der Waals surface area contributed by atoms with Crippen molar-refractivity contribution in [1.29, 1.82) is 0 Å². The van der Waals surface area contributed by atoms with Crippen LogP contribution in [0.25, 0.3) is 0 Å². The maximum atomic E-state index is 13.7. The van der Waals surface area contributed by atoms with E-state index in [9.17, 15) is 12.8 Å². The lowest BCUT2D eigenvalue weighted by Crippen LogP contribution is -2.42. The van der Waals surface area contributed by atoms with E-state index in [0.717, 1.165) is 0 Å². The molecule has 1 atom stereocenters. The molecule has 0 saturated carbocycles. The van der Waals surface area contributed by atoms with Crippen LogP contribution in [0.4, 0.5) is 21.5 Å². The van der Waals surface area contributed by atoms with E-state index in [0.29, 0.717) is 50.6 Å². The third-order valence-corrected chi connectivity index (χ3v) is 8.24. The highest BCUT2D eigenvalue weighted by Gasteiger charge is 2.34. The lowest BCUT2D eigenvalue weighted by Gasteiger charge is -2.36. The number of thiocarbonyl (C=S) groups is 1. The zero-order valence-corrected chi connectivity index (χ0v) is 20.6. The number of anilines is 3. The highest BCUT2D eigenvalue weighted by atomic mass is 35.5. The Kier molecular flexibility index (Phi) is 6.81. The molecule has 1 heterocycles. The Labute approximate surface area is 207 Å². The van der Waals surface area contributed by atoms with Crippen LogP contribution >= 0.6 is 35.4 Å². The molecule has 0 aliphatic carbocycles. The molecule has 33 heavy (non-hydrogen) atoms. The Morgan fingerprint density at radius 3 is 2.36 bits per heavy atom. The summed E-state index contributed by atoms with van der Waals surface area (Å²) in [4.78, 5) is 0.139. The van der Waals surface area contributed by atoms with Gasteiger partial charge in [0.15, 0.2) is 5.11 Å². The fraction of sp³-hybridized carbons (Fsp3) is 0.174. The molecular weight excluding hydrogens is 504 g/mol. The minimum absolute atomic E-state index is 0.139. The summed E-state index contributed by atoms with van der Waals surface area (Å²) in [5.41, 5.74) is 2.48. The fourth-order valence-electron chi connectivity index (χ4n) is 3.75. The van der Waals surface area contributed by atoms with E-state index in [1.165, 1.54) is 34.6 Å². The van der Waals surface area contributed by atoms with Crippen LogP contribution in [-0.4, -0.2) is 19.6 Å². The molecular formula is C23H20Cl2FN3O2S2. The minimum Gasteiger partial charge on any atom is -0.332 e. The predicted octanol–water partition coefficient (Wildman–Crippen LogP) is 6.47. The van der Waals surface area contributed by atoms with E-state index < -0.39 is 10.0 Å². The molecule has 10 heteroatoms. The topological polar surface area (TPSA) is 61.4 Å². The van der Waals surface area contributed by atoms with Gasteiger partial charge in [-0.1, -0.05) is 23.2 Å². The summed E-state index contributed by atoms with van der Waals surface area (Å²) in [5, 5.41) is 7.15. The van der Waals surface area contributed by atoms with Crippen molar-refractivity contribution in [3.8, 4) is 0 Å². The van der Waals surface area contributed by atoms with Gasteiger partial charge in [-0.3, -0.25) is 4.31 Å². The van der Waals surface area contributed by atoms with Crippen molar-refractivity contribution in [2.75, 3.05) is 14.9 Å². The van der Waals surface area contributed by atoms with Crippen LogP contribution in [0.3, 0.4) is 0 Å². The number of rotatable bonds is 4. The number of sulfonamides is 1.